The third kappa shape index (κ3) is 15.1. The molecule has 13 rings (SSSR count). The van der Waals surface area contributed by atoms with Crippen LogP contribution in [0.1, 0.15) is 165 Å². The molecule has 0 spiro atoms. The Labute approximate surface area is 572 Å². The van der Waals surface area contributed by atoms with Crippen LogP contribution in [-0.4, -0.2) is 105 Å². The van der Waals surface area contributed by atoms with Gasteiger partial charge in [0.25, 0.3) is 0 Å². The summed E-state index contributed by atoms with van der Waals surface area (Å²) in [4.78, 5) is 38.3. The van der Waals surface area contributed by atoms with Crippen LogP contribution in [-0.2, 0) is 38.4 Å². The van der Waals surface area contributed by atoms with Crippen molar-refractivity contribution in [1.29, 1.82) is 0 Å². The zero-order valence-corrected chi connectivity index (χ0v) is 56.3. The number of rotatable bonds is 15. The van der Waals surface area contributed by atoms with Gasteiger partial charge in [0.2, 0.25) is 0 Å². The van der Waals surface area contributed by atoms with Gasteiger partial charge in [-0.2, -0.15) is 0 Å². The quantitative estimate of drug-likeness (QED) is 0.0590. The average Bonchev–Trinajstić information content (AvgIpc) is 1.53. The van der Waals surface area contributed by atoms with Crippen molar-refractivity contribution in [3.8, 4) is 0 Å². The van der Waals surface area contributed by atoms with E-state index in [1.807, 2.05) is 37.8 Å². The van der Waals surface area contributed by atoms with E-state index in [0.717, 1.165) is 100 Å². The Balaban J connectivity index is 0.000000151. The first-order valence-electron chi connectivity index (χ1n) is 33.0. The van der Waals surface area contributed by atoms with Crippen LogP contribution >= 0.6 is 0 Å². The molecule has 0 aromatic heterocycles. The lowest BCUT2D eigenvalue weighted by atomic mass is 9.83. The van der Waals surface area contributed by atoms with Crippen LogP contribution in [0.25, 0.3) is 34.9 Å². The zero-order chi connectivity index (χ0) is 72.4. The minimum Gasteiger partial charge on any atom is -0.478 e. The summed E-state index contributed by atoms with van der Waals surface area (Å²) in [5, 5.41) is 17.6. The highest BCUT2D eigenvalue weighted by atomic mass is 19.2. The number of carboxylic acids is 2. The predicted octanol–water partition coefficient (Wildman–Crippen LogP) is 18.1. The molecule has 0 saturated heterocycles. The monoisotopic (exact) mass is 1390 g/mol. The van der Waals surface area contributed by atoms with Gasteiger partial charge in [-0.15, -0.1) is 0 Å². The number of halogens is 12. The highest BCUT2D eigenvalue weighted by Crippen LogP contribution is 2.55. The van der Waals surface area contributed by atoms with E-state index in [4.69, 9.17) is 10.2 Å². The van der Waals surface area contributed by atoms with Gasteiger partial charge >= 0.3 is 17.9 Å². The maximum Gasteiger partial charge on any atom is 0.330 e. The van der Waals surface area contributed by atoms with Gasteiger partial charge < -0.3 is 14.9 Å². The number of nitrogens with zero attached hydrogens (tertiary/aromatic N) is 3. The third-order valence-corrected chi connectivity index (χ3v) is 19.6. The molecule has 526 valence electrons. The first-order valence-corrected chi connectivity index (χ1v) is 33.0. The number of esters is 1. The standard InChI is InChI=1S/C27H27F4NO2.C26H23F4NO2.C26H25F4NO2/c1-15-10-18-19(13-17-6-5-7-20(28)24(17)18)26(32(15)14-27(2,3)31)25-21(29)11-16(12-22(25)30)8-9-23(33)34-4;1-14-9-17-18(12-16-3-2-4-19(27)23(16)17)25(31(14)13-26(30)7-8-26)24-20(28)10-15(11-21(24)29)5-6-22(32)33;1-14-9-17-18(12-16-5-4-6-19(27)23(16)17)25(31(14)13-26(2,3)30)24-20(28)10-15(11-21(24)29)7-8-22(32)33/h5-9,11-12,15,26H,10,13-14H2,1-4H3;2-6,10-11,14,25H,7-9,12-13H2,1H3,(H,32,33);4-8,10-11,14,25H,9,12-13H2,1-3H3,(H,32,33)/b9-8+;6-5+;8-7+/t15-,26+;2*14-,25+/m000/s1. The van der Waals surface area contributed by atoms with E-state index in [-0.39, 0.29) is 88.6 Å². The van der Waals surface area contributed by atoms with E-state index < -0.39 is 87.9 Å². The van der Waals surface area contributed by atoms with Crippen LogP contribution in [0.4, 0.5) is 52.7 Å². The van der Waals surface area contributed by atoms with Crippen LogP contribution in [0.3, 0.4) is 0 Å². The van der Waals surface area contributed by atoms with Crippen molar-refractivity contribution in [2.24, 2.45) is 0 Å². The van der Waals surface area contributed by atoms with Crippen LogP contribution in [0.5, 0.6) is 0 Å². The van der Waals surface area contributed by atoms with Gasteiger partial charge in [0.05, 0.1) is 25.2 Å². The van der Waals surface area contributed by atoms with E-state index in [2.05, 4.69) is 4.74 Å². The average molecular weight is 1390 g/mol. The molecular weight excluding hydrogens is 1310 g/mol. The summed E-state index contributed by atoms with van der Waals surface area (Å²) in [6, 6.07) is 17.5. The Hall–Kier alpha value is -8.79. The molecule has 4 aliphatic carbocycles. The van der Waals surface area contributed by atoms with Crippen LogP contribution in [0.2, 0.25) is 0 Å². The highest BCUT2D eigenvalue weighted by Gasteiger charge is 2.51. The van der Waals surface area contributed by atoms with E-state index in [1.165, 1.54) is 59.1 Å². The van der Waals surface area contributed by atoms with E-state index in [0.29, 0.717) is 84.8 Å². The molecule has 100 heavy (non-hydrogen) atoms. The first kappa shape index (κ1) is 72.5. The lowest BCUT2D eigenvalue weighted by Crippen LogP contribution is -2.47. The first-order chi connectivity index (χ1) is 47.1. The molecule has 6 atom stereocenters. The minimum absolute atomic E-state index is 0.0443. The molecule has 6 aromatic rings. The fourth-order valence-electron chi connectivity index (χ4n) is 15.4. The normalized spacial score (nSPS) is 21.7. The van der Waals surface area contributed by atoms with Gasteiger partial charge in [0, 0.05) is 89.4 Å². The highest BCUT2D eigenvalue weighted by molar-refractivity contribution is 5.88. The van der Waals surface area contributed by atoms with Crippen LogP contribution < -0.4 is 0 Å². The maximum absolute atomic E-state index is 15.5. The molecule has 0 unspecified atom stereocenters. The number of carbonyl (C=O) groups excluding carboxylic acids is 1. The minimum atomic E-state index is -1.63. The number of fused-ring (bicyclic) bond motifs is 6. The Bertz CT molecular complexity index is 4230. The molecule has 9 nitrogen and oxygen atoms in total. The summed E-state index contributed by atoms with van der Waals surface area (Å²) in [5.41, 5.74) is 3.04. The van der Waals surface area contributed by atoms with Gasteiger partial charge in [-0.25, -0.2) is 67.1 Å². The van der Waals surface area contributed by atoms with Gasteiger partial charge in [0.15, 0.2) is 0 Å². The second-order valence-corrected chi connectivity index (χ2v) is 28.2. The largest absolute Gasteiger partial charge is 0.478 e. The fraction of sp³-hybridized carbons (Fsp3) is 0.354. The van der Waals surface area contributed by atoms with Crippen molar-refractivity contribution in [3.63, 3.8) is 0 Å². The molecule has 7 aliphatic rings. The summed E-state index contributed by atoms with van der Waals surface area (Å²) >= 11 is 0. The van der Waals surface area contributed by atoms with E-state index in [1.54, 1.807) is 34.1 Å². The SMILES string of the molecule is COC(=O)/C=C/c1cc(F)c([C@H]2C3=C(C[C@H](C)N2CC(C)(C)F)c2c(F)cccc2C3)c(F)c1.C[C@H]1CC2=C(Cc3cccc(F)c32)[C@H](c2c(F)cc(/C=C/C(=O)O)cc2F)N1CC(C)(C)F.C[C@H]1CC2=C(Cc3cccc(F)c32)[C@H](c2c(F)cc(/C=C/C(=O)O)cc2F)N1CC1(F)CC1. The zero-order valence-electron chi connectivity index (χ0n) is 56.3. The Morgan fingerprint density at radius 1 is 0.480 bits per heavy atom. The number of hydrogen-bond donors (Lipinski definition) is 2. The fourth-order valence-corrected chi connectivity index (χ4v) is 15.4. The van der Waals surface area contributed by atoms with Crippen molar-refractivity contribution in [1.82, 2.24) is 14.7 Å². The van der Waals surface area contributed by atoms with Crippen LogP contribution in [0, 0.1) is 52.4 Å². The Kier molecular flexibility index (Phi) is 20.5. The number of benzene rings is 6. The summed E-state index contributed by atoms with van der Waals surface area (Å²) in [6.07, 6.45) is 9.36. The number of hydrogen-bond acceptors (Lipinski definition) is 7. The summed E-state index contributed by atoms with van der Waals surface area (Å²) < 4.78 is 186. The molecule has 3 heterocycles. The number of ether oxygens (including phenoxy) is 1. The molecule has 0 radical (unpaired) electrons. The topological polar surface area (TPSA) is 111 Å². The second kappa shape index (κ2) is 28.3. The molecule has 3 aliphatic heterocycles. The third-order valence-electron chi connectivity index (χ3n) is 19.6. The molecule has 1 saturated carbocycles. The van der Waals surface area contributed by atoms with Crippen molar-refractivity contribution >= 4 is 52.9 Å². The van der Waals surface area contributed by atoms with E-state index in [9.17, 15) is 40.7 Å². The van der Waals surface area contributed by atoms with Crippen molar-refractivity contribution in [2.75, 3.05) is 26.7 Å². The molecule has 0 amide bonds. The number of carbonyl (C=O) groups is 3. The molecular formula is C79H75F12N3O6. The number of methoxy groups -OCH3 is 1. The van der Waals surface area contributed by atoms with Gasteiger partial charge in [0.1, 0.15) is 69.4 Å². The lowest BCUT2D eigenvalue weighted by Gasteiger charge is -2.44. The molecule has 1 fully saturated rings. The van der Waals surface area contributed by atoms with Crippen molar-refractivity contribution < 1.29 is 82.0 Å². The predicted molar refractivity (Wildman–Crippen MR) is 359 cm³/mol. The molecule has 0 bridgehead atoms. The van der Waals surface area contributed by atoms with Crippen molar-refractivity contribution in [2.45, 2.75) is 153 Å². The lowest BCUT2D eigenvalue weighted by molar-refractivity contribution is -0.135. The van der Waals surface area contributed by atoms with Gasteiger partial charge in [-0.3, -0.25) is 14.7 Å². The molecule has 6 aromatic carbocycles. The second-order valence-electron chi connectivity index (χ2n) is 28.2. The maximum atomic E-state index is 15.5. The number of aliphatic carboxylic acids is 2. The smallest absolute Gasteiger partial charge is 0.330 e. The number of alkyl halides is 3. The molecule has 21 heteroatoms. The Morgan fingerprint density at radius 3 is 1.05 bits per heavy atom. The van der Waals surface area contributed by atoms with E-state index >= 15 is 26.3 Å². The van der Waals surface area contributed by atoms with Gasteiger partial charge in [-0.05, 0) is 239 Å². The summed E-state index contributed by atoms with van der Waals surface area (Å²) in [6.45, 7) is 11.2. The molecule has 2 N–H and O–H groups in total. The summed E-state index contributed by atoms with van der Waals surface area (Å²) in [5.74, 6) is -9.24. The Morgan fingerprint density at radius 2 is 0.770 bits per heavy atom. The number of carboxylic acid groups (broad SMARTS) is 2. The summed E-state index contributed by atoms with van der Waals surface area (Å²) in [7, 11) is 1.20. The van der Waals surface area contributed by atoms with Crippen molar-refractivity contribution in [3.05, 3.63) is 245 Å². The van der Waals surface area contributed by atoms with Gasteiger partial charge in [-0.1, -0.05) is 36.4 Å². The van der Waals surface area contributed by atoms with Crippen LogP contribution in [0.15, 0.2) is 126 Å².